The first-order valence-electron chi connectivity index (χ1n) is 2.32. The van der Waals surface area contributed by atoms with Crippen LogP contribution in [-0.2, 0) is 0 Å². The van der Waals surface area contributed by atoms with Crippen molar-refractivity contribution in [1.29, 1.82) is 0 Å². The molecule has 0 amide bonds. The topological polar surface area (TPSA) is 72.3 Å². The molecule has 0 aliphatic heterocycles. The molecule has 44 valence electrons. The highest BCUT2D eigenvalue weighted by molar-refractivity contribution is 4.66. The van der Waals surface area contributed by atoms with E-state index < -0.39 is 6.10 Å². The van der Waals surface area contributed by atoms with Crippen LogP contribution in [0.2, 0.25) is 0 Å². The Morgan fingerprint density at radius 1 is 1.71 bits per heavy atom. The van der Waals surface area contributed by atoms with Gasteiger partial charge in [-0.1, -0.05) is 0 Å². The molecular formula is C4H12N2O. The van der Waals surface area contributed by atoms with Gasteiger partial charge in [0.25, 0.3) is 0 Å². The van der Waals surface area contributed by atoms with Gasteiger partial charge in [0.1, 0.15) is 0 Å². The summed E-state index contributed by atoms with van der Waals surface area (Å²) >= 11 is 0. The minimum Gasteiger partial charge on any atom is -0.392 e. The van der Waals surface area contributed by atoms with E-state index in [1.807, 2.05) is 0 Å². The molecule has 5 N–H and O–H groups in total. The number of nitrogens with two attached hydrogens (primary N) is 2. The van der Waals surface area contributed by atoms with Crippen LogP contribution in [0.3, 0.4) is 0 Å². The molecule has 0 radical (unpaired) electrons. The maximum Gasteiger partial charge on any atom is 0.0675 e. The number of hydrogen-bond donors (Lipinski definition) is 3. The molecule has 0 fully saturated rings. The average molecular weight is 104 g/mol. The van der Waals surface area contributed by atoms with Crippen LogP contribution in [0.1, 0.15) is 6.92 Å². The summed E-state index contributed by atoms with van der Waals surface area (Å²) in [6, 6.07) is -0.264. The second-order valence-electron chi connectivity index (χ2n) is 1.64. The van der Waals surface area contributed by atoms with Gasteiger partial charge in [0.05, 0.1) is 6.10 Å². The Hall–Kier alpha value is -0.120. The lowest BCUT2D eigenvalue weighted by atomic mass is 10.2. The smallest absolute Gasteiger partial charge is 0.0675 e. The lowest BCUT2D eigenvalue weighted by Crippen LogP contribution is -2.39. The molecule has 0 rings (SSSR count). The van der Waals surface area contributed by atoms with Gasteiger partial charge in [0.15, 0.2) is 0 Å². The van der Waals surface area contributed by atoms with Gasteiger partial charge in [-0.3, -0.25) is 0 Å². The van der Waals surface area contributed by atoms with E-state index in [1.165, 1.54) is 0 Å². The molecule has 2 atom stereocenters. The van der Waals surface area contributed by atoms with Gasteiger partial charge in [0, 0.05) is 12.6 Å². The zero-order valence-electron chi connectivity index (χ0n) is 4.46. The SMILES string of the molecule is C[C@@H](O)[C@H](N)CN. The third-order valence-electron chi connectivity index (χ3n) is 0.892. The van der Waals surface area contributed by atoms with Gasteiger partial charge in [0.2, 0.25) is 0 Å². The fourth-order valence-corrected chi connectivity index (χ4v) is 0.197. The van der Waals surface area contributed by atoms with Gasteiger partial charge >= 0.3 is 0 Å². The fraction of sp³-hybridized carbons (Fsp3) is 1.00. The standard InChI is InChI=1S/C4H12N2O/c1-3(7)4(6)2-5/h3-4,7H,2,5-6H2,1H3/t3-,4-/m1/s1. The normalized spacial score (nSPS) is 18.9. The van der Waals surface area contributed by atoms with Crippen LogP contribution in [0.15, 0.2) is 0 Å². The van der Waals surface area contributed by atoms with E-state index in [-0.39, 0.29) is 6.04 Å². The molecule has 0 aliphatic rings. The lowest BCUT2D eigenvalue weighted by molar-refractivity contribution is 0.166. The predicted molar refractivity (Wildman–Crippen MR) is 28.7 cm³/mol. The third kappa shape index (κ3) is 2.56. The van der Waals surface area contributed by atoms with E-state index in [0.717, 1.165) is 0 Å². The molecule has 3 heteroatoms. The molecule has 0 saturated carbocycles. The van der Waals surface area contributed by atoms with Crippen molar-refractivity contribution < 1.29 is 5.11 Å². The monoisotopic (exact) mass is 104 g/mol. The Balaban J connectivity index is 3.14. The average Bonchev–Trinajstić information content (AvgIpc) is 1.65. The van der Waals surface area contributed by atoms with Crippen LogP contribution in [0.5, 0.6) is 0 Å². The molecule has 0 bridgehead atoms. The van der Waals surface area contributed by atoms with Crippen molar-refractivity contribution in [2.24, 2.45) is 11.5 Å². The Morgan fingerprint density at radius 3 is 2.14 bits per heavy atom. The molecule has 0 unspecified atom stereocenters. The van der Waals surface area contributed by atoms with Crippen molar-refractivity contribution in [2.45, 2.75) is 19.1 Å². The van der Waals surface area contributed by atoms with Crippen LogP contribution < -0.4 is 11.5 Å². The molecule has 0 spiro atoms. The number of hydrogen-bond acceptors (Lipinski definition) is 3. The lowest BCUT2D eigenvalue weighted by Gasteiger charge is -2.09. The van der Waals surface area contributed by atoms with E-state index in [9.17, 15) is 0 Å². The Labute approximate surface area is 43.3 Å². The Morgan fingerprint density at radius 2 is 2.14 bits per heavy atom. The van der Waals surface area contributed by atoms with Gasteiger partial charge < -0.3 is 16.6 Å². The molecule has 0 aromatic rings. The van der Waals surface area contributed by atoms with Crippen molar-refractivity contribution >= 4 is 0 Å². The Bertz CT molecular complexity index is 47.0. The van der Waals surface area contributed by atoms with Gasteiger partial charge in [-0.2, -0.15) is 0 Å². The summed E-state index contributed by atoms with van der Waals surface area (Å²) in [7, 11) is 0. The molecule has 0 saturated heterocycles. The second-order valence-corrected chi connectivity index (χ2v) is 1.64. The van der Waals surface area contributed by atoms with E-state index in [0.29, 0.717) is 6.54 Å². The highest BCUT2D eigenvalue weighted by Crippen LogP contribution is 1.81. The number of rotatable bonds is 2. The largest absolute Gasteiger partial charge is 0.392 e. The van der Waals surface area contributed by atoms with Crippen LogP contribution in [0, 0.1) is 0 Å². The minimum atomic E-state index is -0.481. The summed E-state index contributed by atoms with van der Waals surface area (Å²) < 4.78 is 0. The van der Waals surface area contributed by atoms with E-state index in [1.54, 1.807) is 6.92 Å². The summed E-state index contributed by atoms with van der Waals surface area (Å²) in [5.41, 5.74) is 10.3. The van der Waals surface area contributed by atoms with E-state index >= 15 is 0 Å². The van der Waals surface area contributed by atoms with Crippen LogP contribution in [0.4, 0.5) is 0 Å². The summed E-state index contributed by atoms with van der Waals surface area (Å²) in [6.45, 7) is 1.97. The van der Waals surface area contributed by atoms with E-state index in [2.05, 4.69) is 0 Å². The van der Waals surface area contributed by atoms with Crippen molar-refractivity contribution in [2.75, 3.05) is 6.54 Å². The fourth-order valence-electron chi connectivity index (χ4n) is 0.197. The van der Waals surface area contributed by atoms with Crippen molar-refractivity contribution in [3.05, 3.63) is 0 Å². The van der Waals surface area contributed by atoms with Crippen LogP contribution >= 0.6 is 0 Å². The molecule has 0 aliphatic carbocycles. The molecular weight excluding hydrogens is 92.1 g/mol. The second kappa shape index (κ2) is 2.96. The first-order chi connectivity index (χ1) is 3.18. The first kappa shape index (κ1) is 6.88. The molecule has 0 aromatic heterocycles. The quantitative estimate of drug-likeness (QED) is 0.405. The highest BCUT2D eigenvalue weighted by Gasteiger charge is 2.03. The van der Waals surface area contributed by atoms with Gasteiger partial charge in [-0.15, -0.1) is 0 Å². The van der Waals surface area contributed by atoms with Crippen molar-refractivity contribution in [1.82, 2.24) is 0 Å². The number of aliphatic hydroxyl groups excluding tert-OH is 1. The van der Waals surface area contributed by atoms with Gasteiger partial charge in [-0.05, 0) is 6.92 Å². The molecule has 0 heterocycles. The van der Waals surface area contributed by atoms with E-state index in [4.69, 9.17) is 16.6 Å². The molecule has 7 heavy (non-hydrogen) atoms. The first-order valence-corrected chi connectivity index (χ1v) is 2.32. The highest BCUT2D eigenvalue weighted by atomic mass is 16.3. The summed E-state index contributed by atoms with van der Waals surface area (Å²) in [5.74, 6) is 0. The maximum absolute atomic E-state index is 8.62. The summed E-state index contributed by atoms with van der Waals surface area (Å²) in [5, 5.41) is 8.62. The summed E-state index contributed by atoms with van der Waals surface area (Å²) in [6.07, 6.45) is -0.481. The zero-order valence-corrected chi connectivity index (χ0v) is 4.46. The predicted octanol–water partition coefficient (Wildman–Crippen LogP) is -1.35. The van der Waals surface area contributed by atoms with Crippen molar-refractivity contribution in [3.63, 3.8) is 0 Å². The van der Waals surface area contributed by atoms with Crippen LogP contribution in [0.25, 0.3) is 0 Å². The Kier molecular flexibility index (Phi) is 2.91. The van der Waals surface area contributed by atoms with Crippen LogP contribution in [-0.4, -0.2) is 23.8 Å². The van der Waals surface area contributed by atoms with Crippen molar-refractivity contribution in [3.8, 4) is 0 Å². The maximum atomic E-state index is 8.62. The molecule has 0 aromatic carbocycles. The summed E-state index contributed by atoms with van der Waals surface area (Å²) in [4.78, 5) is 0. The number of aliphatic hydroxyl groups is 1. The van der Waals surface area contributed by atoms with Gasteiger partial charge in [-0.25, -0.2) is 0 Å². The minimum absolute atomic E-state index is 0.264. The molecule has 3 nitrogen and oxygen atoms in total. The zero-order chi connectivity index (χ0) is 5.86. The third-order valence-corrected chi connectivity index (χ3v) is 0.892.